The number of hydrazine groups is 1. The van der Waals surface area contributed by atoms with Gasteiger partial charge < -0.3 is 20.6 Å². The summed E-state index contributed by atoms with van der Waals surface area (Å²) in [6.45, 7) is 6.93. The summed E-state index contributed by atoms with van der Waals surface area (Å²) in [4.78, 5) is 8.64. The van der Waals surface area contributed by atoms with Gasteiger partial charge in [-0.25, -0.2) is 15.8 Å². The molecule has 1 heterocycles. The van der Waals surface area contributed by atoms with Gasteiger partial charge in [0.15, 0.2) is 5.82 Å². The summed E-state index contributed by atoms with van der Waals surface area (Å²) in [7, 11) is 0. The van der Waals surface area contributed by atoms with Crippen LogP contribution < -0.4 is 16.6 Å². The van der Waals surface area contributed by atoms with E-state index < -0.39 is 0 Å². The molecule has 0 aromatic carbocycles. The maximum absolute atomic E-state index is 9.77. The molecule has 20 heavy (non-hydrogen) atoms. The first-order valence-electron chi connectivity index (χ1n) is 6.84. The number of nitrogens with zero attached hydrogens (tertiary/aromatic N) is 2. The van der Waals surface area contributed by atoms with Crippen molar-refractivity contribution in [2.75, 3.05) is 17.3 Å². The topological polar surface area (TPSA) is 105 Å². The minimum atomic E-state index is -0.281. The van der Waals surface area contributed by atoms with E-state index in [1.165, 1.54) is 0 Å². The highest BCUT2D eigenvalue weighted by Gasteiger charge is 2.47. The van der Waals surface area contributed by atoms with E-state index in [0.717, 1.165) is 0 Å². The third kappa shape index (κ3) is 3.00. The fraction of sp³-hybridized carbons (Fsp3) is 0.692. The van der Waals surface area contributed by atoms with Crippen LogP contribution in [0.2, 0.25) is 0 Å². The van der Waals surface area contributed by atoms with Crippen molar-refractivity contribution in [3.05, 3.63) is 11.9 Å². The molecule has 7 heteroatoms. The van der Waals surface area contributed by atoms with Gasteiger partial charge in [-0.1, -0.05) is 13.8 Å². The van der Waals surface area contributed by atoms with Crippen LogP contribution >= 0.6 is 0 Å². The lowest BCUT2D eigenvalue weighted by Gasteiger charge is -2.49. The van der Waals surface area contributed by atoms with Crippen LogP contribution in [0, 0.1) is 5.41 Å². The zero-order chi connectivity index (χ0) is 14.8. The molecule has 2 atom stereocenters. The van der Waals surface area contributed by atoms with E-state index in [9.17, 15) is 5.11 Å². The molecule has 0 saturated heterocycles. The van der Waals surface area contributed by atoms with E-state index in [4.69, 9.17) is 10.6 Å². The number of nitrogen functional groups attached to an aromatic ring is 1. The number of hydrogen-bond donors (Lipinski definition) is 4. The second-order valence-electron chi connectivity index (χ2n) is 5.61. The normalized spacial score (nSPS) is 24.1. The fourth-order valence-corrected chi connectivity index (χ4v) is 2.23. The summed E-state index contributed by atoms with van der Waals surface area (Å²) < 4.78 is 5.32. The lowest BCUT2D eigenvalue weighted by Crippen LogP contribution is -2.57. The van der Waals surface area contributed by atoms with Crippen LogP contribution in [0.25, 0.3) is 0 Å². The van der Waals surface area contributed by atoms with Gasteiger partial charge >= 0.3 is 0 Å². The first-order valence-corrected chi connectivity index (χ1v) is 6.84. The Morgan fingerprint density at radius 1 is 1.45 bits per heavy atom. The second kappa shape index (κ2) is 5.90. The lowest BCUT2D eigenvalue weighted by molar-refractivity contribution is -0.0511. The number of nitrogens with two attached hydrogens (primary N) is 1. The van der Waals surface area contributed by atoms with Crippen molar-refractivity contribution in [1.82, 2.24) is 9.97 Å². The number of aromatic nitrogens is 2. The standard InChI is InChI=1S/C13H23N5O2/c1-4-20-7-12-16-10(6-11(17-12)18-14)15-8-5-9(19)13(8,2)3/h6,8-9,19H,4-5,7,14H2,1-3H3,(H2,15,16,17,18). The third-order valence-corrected chi connectivity index (χ3v) is 3.89. The summed E-state index contributed by atoms with van der Waals surface area (Å²) in [6.07, 6.45) is 0.431. The lowest BCUT2D eigenvalue weighted by atomic mass is 9.64. The molecule has 1 aromatic heterocycles. The molecule has 1 aliphatic carbocycles. The van der Waals surface area contributed by atoms with Crippen LogP contribution in [0.5, 0.6) is 0 Å². The predicted octanol–water partition coefficient (Wildman–Crippen LogP) is 0.870. The molecular weight excluding hydrogens is 258 g/mol. The van der Waals surface area contributed by atoms with Crippen molar-refractivity contribution < 1.29 is 9.84 Å². The van der Waals surface area contributed by atoms with Crippen LogP contribution in [0.3, 0.4) is 0 Å². The molecule has 2 rings (SSSR count). The number of rotatable bonds is 6. The highest BCUT2D eigenvalue weighted by atomic mass is 16.5. The summed E-state index contributed by atoms with van der Waals surface area (Å²) in [5, 5.41) is 13.1. The van der Waals surface area contributed by atoms with E-state index in [2.05, 4.69) is 20.7 Å². The van der Waals surface area contributed by atoms with Gasteiger partial charge in [-0.2, -0.15) is 0 Å². The van der Waals surface area contributed by atoms with Gasteiger partial charge in [0.2, 0.25) is 0 Å². The monoisotopic (exact) mass is 281 g/mol. The SMILES string of the molecule is CCOCc1nc(NN)cc(NC2CC(O)C2(C)C)n1. The maximum Gasteiger partial charge on any atom is 0.158 e. The van der Waals surface area contributed by atoms with E-state index in [1.54, 1.807) is 6.07 Å². The molecule has 2 unspecified atom stereocenters. The third-order valence-electron chi connectivity index (χ3n) is 3.89. The number of aliphatic hydroxyl groups is 1. The van der Waals surface area contributed by atoms with Gasteiger partial charge in [0.25, 0.3) is 0 Å². The Hall–Kier alpha value is -1.44. The van der Waals surface area contributed by atoms with Gasteiger partial charge in [-0.15, -0.1) is 0 Å². The summed E-state index contributed by atoms with van der Waals surface area (Å²) in [6, 6.07) is 1.92. The van der Waals surface area contributed by atoms with Crippen molar-refractivity contribution in [3.63, 3.8) is 0 Å². The Balaban J connectivity index is 2.10. The first-order chi connectivity index (χ1) is 9.47. The average molecular weight is 281 g/mol. The highest BCUT2D eigenvalue weighted by Crippen LogP contribution is 2.42. The second-order valence-corrected chi connectivity index (χ2v) is 5.61. The number of aliphatic hydroxyl groups excluding tert-OH is 1. The molecule has 1 fully saturated rings. The minimum Gasteiger partial charge on any atom is -0.392 e. The molecular formula is C13H23N5O2. The Kier molecular flexibility index (Phi) is 4.42. The number of nitrogens with one attached hydrogen (secondary N) is 2. The fourth-order valence-electron chi connectivity index (χ4n) is 2.23. The van der Waals surface area contributed by atoms with Crippen LogP contribution in [0.4, 0.5) is 11.6 Å². The van der Waals surface area contributed by atoms with E-state index in [0.29, 0.717) is 37.1 Å². The van der Waals surface area contributed by atoms with Crippen LogP contribution in [0.15, 0.2) is 6.07 Å². The van der Waals surface area contributed by atoms with E-state index in [-0.39, 0.29) is 17.6 Å². The molecule has 0 aliphatic heterocycles. The average Bonchev–Trinajstić information content (AvgIpc) is 2.44. The van der Waals surface area contributed by atoms with Crippen LogP contribution in [-0.4, -0.2) is 33.8 Å². The molecule has 5 N–H and O–H groups in total. The summed E-state index contributed by atoms with van der Waals surface area (Å²) in [5.74, 6) is 7.22. The summed E-state index contributed by atoms with van der Waals surface area (Å²) in [5.41, 5.74) is 2.36. The smallest absolute Gasteiger partial charge is 0.158 e. The molecule has 1 saturated carbocycles. The number of hydrogen-bond acceptors (Lipinski definition) is 7. The van der Waals surface area contributed by atoms with Crippen molar-refractivity contribution in [2.24, 2.45) is 11.3 Å². The predicted molar refractivity (Wildman–Crippen MR) is 77.0 cm³/mol. The number of ether oxygens (including phenoxy) is 1. The molecule has 112 valence electrons. The molecule has 0 spiro atoms. The Bertz CT molecular complexity index is 466. The molecule has 0 amide bonds. The first kappa shape index (κ1) is 15.0. The zero-order valence-electron chi connectivity index (χ0n) is 12.2. The zero-order valence-corrected chi connectivity index (χ0v) is 12.2. The Morgan fingerprint density at radius 2 is 2.15 bits per heavy atom. The van der Waals surface area contributed by atoms with Gasteiger partial charge in [0, 0.05) is 24.1 Å². The van der Waals surface area contributed by atoms with Gasteiger partial charge in [-0.3, -0.25) is 0 Å². The van der Waals surface area contributed by atoms with Crippen molar-refractivity contribution in [3.8, 4) is 0 Å². The highest BCUT2D eigenvalue weighted by molar-refractivity contribution is 5.48. The molecule has 0 radical (unpaired) electrons. The minimum absolute atomic E-state index is 0.165. The Labute approximate surface area is 118 Å². The largest absolute Gasteiger partial charge is 0.392 e. The Morgan fingerprint density at radius 3 is 2.70 bits per heavy atom. The van der Waals surface area contributed by atoms with E-state index in [1.807, 2.05) is 20.8 Å². The van der Waals surface area contributed by atoms with Crippen LogP contribution in [-0.2, 0) is 11.3 Å². The molecule has 7 nitrogen and oxygen atoms in total. The van der Waals surface area contributed by atoms with Crippen molar-refractivity contribution in [2.45, 2.75) is 45.9 Å². The summed E-state index contributed by atoms with van der Waals surface area (Å²) >= 11 is 0. The molecule has 1 aliphatic rings. The van der Waals surface area contributed by atoms with Crippen molar-refractivity contribution in [1.29, 1.82) is 0 Å². The van der Waals surface area contributed by atoms with Gasteiger partial charge in [0.1, 0.15) is 18.2 Å². The van der Waals surface area contributed by atoms with E-state index >= 15 is 0 Å². The van der Waals surface area contributed by atoms with Gasteiger partial charge in [-0.05, 0) is 13.3 Å². The maximum atomic E-state index is 9.77. The van der Waals surface area contributed by atoms with Crippen LogP contribution in [0.1, 0.15) is 33.0 Å². The van der Waals surface area contributed by atoms with Crippen molar-refractivity contribution >= 4 is 11.6 Å². The number of anilines is 2. The quantitative estimate of drug-likeness (QED) is 0.453. The van der Waals surface area contributed by atoms with Gasteiger partial charge in [0.05, 0.1) is 6.10 Å². The molecule has 1 aromatic rings. The molecule has 0 bridgehead atoms.